The minimum absolute atomic E-state index is 0.00467. The number of hydrogen-bond acceptors (Lipinski definition) is 5. The van der Waals surface area contributed by atoms with E-state index in [2.05, 4.69) is 29.6 Å². The van der Waals surface area contributed by atoms with Crippen molar-refractivity contribution in [3.05, 3.63) is 59.7 Å². The molecule has 4 unspecified atom stereocenters. The van der Waals surface area contributed by atoms with Crippen molar-refractivity contribution in [3.63, 3.8) is 0 Å². The molecule has 2 amide bonds. The first-order valence-electron chi connectivity index (χ1n) is 12.2. The number of likely N-dealkylation sites (tertiary alicyclic amines) is 1. The number of fused-ring (bicyclic) bond motifs is 3. The van der Waals surface area contributed by atoms with Gasteiger partial charge < -0.3 is 24.8 Å². The molecule has 2 aliphatic heterocycles. The van der Waals surface area contributed by atoms with Crippen LogP contribution in [0.4, 0.5) is 4.79 Å². The molecule has 35 heavy (non-hydrogen) atoms. The van der Waals surface area contributed by atoms with Crippen LogP contribution in [0.1, 0.15) is 36.8 Å². The molecular formula is C27H30N2O6. The highest BCUT2D eigenvalue weighted by Crippen LogP contribution is 2.44. The van der Waals surface area contributed by atoms with Gasteiger partial charge >= 0.3 is 12.1 Å². The Labute approximate surface area is 204 Å². The molecule has 0 spiro atoms. The zero-order valence-electron chi connectivity index (χ0n) is 19.7. The lowest BCUT2D eigenvalue weighted by Crippen LogP contribution is -2.41. The minimum Gasteiger partial charge on any atom is -0.481 e. The molecule has 0 bridgehead atoms. The van der Waals surface area contributed by atoms with Gasteiger partial charge in [0.25, 0.3) is 0 Å². The van der Waals surface area contributed by atoms with Gasteiger partial charge in [-0.1, -0.05) is 48.5 Å². The molecule has 2 heterocycles. The summed E-state index contributed by atoms with van der Waals surface area (Å²) in [5.41, 5.74) is 4.66. The predicted octanol–water partition coefficient (Wildman–Crippen LogP) is 3.25. The van der Waals surface area contributed by atoms with Gasteiger partial charge in [-0.25, -0.2) is 4.79 Å². The highest BCUT2D eigenvalue weighted by atomic mass is 16.5. The summed E-state index contributed by atoms with van der Waals surface area (Å²) >= 11 is 0. The van der Waals surface area contributed by atoms with Crippen LogP contribution in [0.15, 0.2) is 48.5 Å². The fourth-order valence-corrected chi connectivity index (χ4v) is 5.68. The Morgan fingerprint density at radius 2 is 1.74 bits per heavy atom. The second-order valence-electron chi connectivity index (χ2n) is 9.60. The summed E-state index contributed by atoms with van der Waals surface area (Å²) in [5.74, 6) is -1.77. The molecule has 1 aliphatic carbocycles. The van der Waals surface area contributed by atoms with E-state index in [4.69, 9.17) is 9.47 Å². The number of nitrogens with one attached hydrogen (secondary N) is 1. The van der Waals surface area contributed by atoms with Gasteiger partial charge in [0.15, 0.2) is 0 Å². The quantitative estimate of drug-likeness (QED) is 0.660. The largest absolute Gasteiger partial charge is 0.481 e. The molecule has 4 atom stereocenters. The maximum Gasteiger partial charge on any atom is 0.407 e. The Morgan fingerprint density at radius 3 is 2.37 bits per heavy atom. The van der Waals surface area contributed by atoms with Crippen molar-refractivity contribution in [2.24, 2.45) is 11.8 Å². The van der Waals surface area contributed by atoms with Crippen LogP contribution in [0.2, 0.25) is 0 Å². The third-order valence-electron chi connectivity index (χ3n) is 7.60. The summed E-state index contributed by atoms with van der Waals surface area (Å²) in [4.78, 5) is 38.3. The molecule has 0 saturated carbocycles. The molecule has 2 N–H and O–H groups in total. The number of carbonyl (C=O) groups is 3. The molecule has 184 valence electrons. The van der Waals surface area contributed by atoms with Gasteiger partial charge in [-0.05, 0) is 42.0 Å². The van der Waals surface area contributed by atoms with E-state index in [1.165, 1.54) is 11.1 Å². The number of ether oxygens (including phenoxy) is 2. The zero-order chi connectivity index (χ0) is 24.5. The first-order chi connectivity index (χ1) is 16.9. The molecule has 3 aliphatic rings. The maximum atomic E-state index is 12.9. The van der Waals surface area contributed by atoms with E-state index in [0.717, 1.165) is 11.1 Å². The number of rotatable bonds is 6. The highest BCUT2D eigenvalue weighted by molar-refractivity contribution is 5.82. The summed E-state index contributed by atoms with van der Waals surface area (Å²) in [6.45, 7) is 3.01. The number of amides is 2. The van der Waals surface area contributed by atoms with Crippen molar-refractivity contribution >= 4 is 18.0 Å². The zero-order valence-corrected chi connectivity index (χ0v) is 19.7. The number of hydrogen-bond donors (Lipinski definition) is 2. The molecule has 0 radical (unpaired) electrons. The number of aliphatic carboxylic acids is 1. The fraction of sp³-hybridized carbons (Fsp3) is 0.444. The Hall–Kier alpha value is -3.39. The van der Waals surface area contributed by atoms with Crippen molar-refractivity contribution in [3.8, 4) is 11.1 Å². The molecule has 2 fully saturated rings. The van der Waals surface area contributed by atoms with E-state index < -0.39 is 18.0 Å². The summed E-state index contributed by atoms with van der Waals surface area (Å²) in [6.07, 6.45) is 0.173. The lowest BCUT2D eigenvalue weighted by atomic mass is 9.98. The smallest absolute Gasteiger partial charge is 0.407 e. The Kier molecular flexibility index (Phi) is 6.47. The van der Waals surface area contributed by atoms with Crippen molar-refractivity contribution in [2.75, 3.05) is 26.3 Å². The maximum absolute atomic E-state index is 12.9. The van der Waals surface area contributed by atoms with Crippen molar-refractivity contribution in [1.82, 2.24) is 10.2 Å². The van der Waals surface area contributed by atoms with Crippen LogP contribution in [0, 0.1) is 11.8 Å². The van der Waals surface area contributed by atoms with Gasteiger partial charge in [-0.2, -0.15) is 0 Å². The standard InChI is InChI=1S/C27H30N2O6/c1-16-19(26(31)32)10-11-29(16)25(30)17-12-18(34-14-17)13-28-27(33)35-15-24-22-8-4-2-6-20(22)21-7-3-5-9-23(21)24/h2-9,16-19,24H,10-15H2,1H3,(H,28,33)(H,31,32). The number of carbonyl (C=O) groups excluding carboxylic acids is 2. The molecule has 8 heteroatoms. The molecule has 0 aromatic heterocycles. The summed E-state index contributed by atoms with van der Waals surface area (Å²) < 4.78 is 11.3. The predicted molar refractivity (Wildman–Crippen MR) is 128 cm³/mol. The molecule has 2 aromatic carbocycles. The average Bonchev–Trinajstić information content (AvgIpc) is 3.57. The molecule has 2 saturated heterocycles. The number of benzene rings is 2. The van der Waals surface area contributed by atoms with Crippen LogP contribution in [-0.4, -0.2) is 66.4 Å². The van der Waals surface area contributed by atoms with Crippen LogP contribution in [0.5, 0.6) is 0 Å². The first-order valence-corrected chi connectivity index (χ1v) is 12.2. The average molecular weight is 479 g/mol. The Morgan fingerprint density at radius 1 is 1.09 bits per heavy atom. The van der Waals surface area contributed by atoms with Crippen LogP contribution in [-0.2, 0) is 19.1 Å². The van der Waals surface area contributed by atoms with Crippen LogP contribution >= 0.6 is 0 Å². The van der Waals surface area contributed by atoms with Crippen LogP contribution in [0.3, 0.4) is 0 Å². The van der Waals surface area contributed by atoms with E-state index in [9.17, 15) is 19.5 Å². The number of carboxylic acids is 1. The lowest BCUT2D eigenvalue weighted by Gasteiger charge is -2.25. The highest BCUT2D eigenvalue weighted by Gasteiger charge is 2.42. The molecular weight excluding hydrogens is 448 g/mol. The van der Waals surface area contributed by atoms with E-state index in [0.29, 0.717) is 19.4 Å². The topological polar surface area (TPSA) is 105 Å². The van der Waals surface area contributed by atoms with Crippen molar-refractivity contribution in [2.45, 2.75) is 37.8 Å². The molecule has 8 nitrogen and oxygen atoms in total. The van der Waals surface area contributed by atoms with Crippen molar-refractivity contribution in [1.29, 1.82) is 0 Å². The summed E-state index contributed by atoms with van der Waals surface area (Å²) in [6, 6.07) is 16.0. The normalized spacial score (nSPS) is 25.2. The van der Waals surface area contributed by atoms with Crippen molar-refractivity contribution < 1.29 is 29.0 Å². The van der Waals surface area contributed by atoms with Gasteiger partial charge in [-0.15, -0.1) is 0 Å². The van der Waals surface area contributed by atoms with E-state index in [1.807, 2.05) is 24.3 Å². The first kappa shape index (κ1) is 23.4. The second kappa shape index (κ2) is 9.70. The van der Waals surface area contributed by atoms with Gasteiger partial charge in [0.2, 0.25) is 5.91 Å². The van der Waals surface area contributed by atoms with E-state index in [-0.39, 0.29) is 49.6 Å². The van der Waals surface area contributed by atoms with Gasteiger partial charge in [-0.3, -0.25) is 9.59 Å². The summed E-state index contributed by atoms with van der Waals surface area (Å²) in [5, 5.41) is 12.1. The number of carboxylic acid groups (broad SMARTS) is 1. The van der Waals surface area contributed by atoms with Gasteiger partial charge in [0, 0.05) is 25.0 Å². The minimum atomic E-state index is -0.861. The monoisotopic (exact) mass is 478 g/mol. The SMILES string of the molecule is CC1C(C(=O)O)CCN1C(=O)C1COC(CNC(=O)OCC2c3ccccc3-c3ccccc32)C1. The lowest BCUT2D eigenvalue weighted by molar-refractivity contribution is -0.143. The Bertz CT molecular complexity index is 1090. The molecule has 2 aromatic rings. The van der Waals surface area contributed by atoms with Gasteiger partial charge in [0.05, 0.1) is 24.5 Å². The Balaban J connectivity index is 1.10. The fourth-order valence-electron chi connectivity index (χ4n) is 5.68. The van der Waals surface area contributed by atoms with Crippen LogP contribution in [0.25, 0.3) is 11.1 Å². The third kappa shape index (κ3) is 4.50. The van der Waals surface area contributed by atoms with Crippen LogP contribution < -0.4 is 5.32 Å². The van der Waals surface area contributed by atoms with E-state index in [1.54, 1.807) is 11.8 Å². The molecule has 5 rings (SSSR count). The number of nitrogens with zero attached hydrogens (tertiary/aromatic N) is 1. The third-order valence-corrected chi connectivity index (χ3v) is 7.60. The second-order valence-corrected chi connectivity index (χ2v) is 9.60. The van der Waals surface area contributed by atoms with E-state index >= 15 is 0 Å². The number of alkyl carbamates (subject to hydrolysis) is 1. The van der Waals surface area contributed by atoms with Gasteiger partial charge in [0.1, 0.15) is 6.61 Å². The summed E-state index contributed by atoms with van der Waals surface area (Å²) in [7, 11) is 0.